The van der Waals surface area contributed by atoms with Crippen LogP contribution < -0.4 is 0 Å². The maximum absolute atomic E-state index is 2.47. The van der Waals surface area contributed by atoms with Gasteiger partial charge in [0.05, 0.1) is 0 Å². The van der Waals surface area contributed by atoms with Gasteiger partial charge in [-0.25, -0.2) is 0 Å². The van der Waals surface area contributed by atoms with Crippen LogP contribution >= 0.6 is 0 Å². The third-order valence-corrected chi connectivity index (χ3v) is 3.55. The van der Waals surface area contributed by atoms with Crippen molar-refractivity contribution in [2.45, 2.75) is 33.6 Å². The molecule has 13 heavy (non-hydrogen) atoms. The summed E-state index contributed by atoms with van der Waals surface area (Å²) in [5, 5.41) is 0. The fourth-order valence-corrected chi connectivity index (χ4v) is 3.14. The molecular formula is C13H20. The maximum Gasteiger partial charge on any atom is -0.00143 e. The molecule has 0 spiro atoms. The SMILES string of the molecule is CC/C=C1\C2C=CC(C2)C1C(C)C. The minimum atomic E-state index is 0.803. The molecule has 0 aromatic carbocycles. The Morgan fingerprint density at radius 3 is 2.85 bits per heavy atom. The van der Waals surface area contributed by atoms with E-state index in [1.165, 1.54) is 12.8 Å². The Kier molecular flexibility index (Phi) is 2.31. The molecule has 2 bridgehead atoms. The summed E-state index contributed by atoms with van der Waals surface area (Å²) in [6.07, 6.45) is 9.94. The van der Waals surface area contributed by atoms with Gasteiger partial charge in [0.25, 0.3) is 0 Å². The first-order chi connectivity index (χ1) is 6.24. The van der Waals surface area contributed by atoms with Crippen molar-refractivity contribution in [3.8, 4) is 0 Å². The Morgan fingerprint density at radius 1 is 1.46 bits per heavy atom. The minimum absolute atomic E-state index is 0.803. The summed E-state index contributed by atoms with van der Waals surface area (Å²) in [5.74, 6) is 3.34. The predicted molar refractivity (Wildman–Crippen MR) is 57.4 cm³/mol. The molecule has 0 heterocycles. The summed E-state index contributed by atoms with van der Waals surface area (Å²) in [4.78, 5) is 0. The van der Waals surface area contributed by atoms with Crippen molar-refractivity contribution in [2.75, 3.05) is 0 Å². The molecule has 0 radical (unpaired) electrons. The van der Waals surface area contributed by atoms with Crippen LogP contribution in [0.2, 0.25) is 0 Å². The molecule has 0 N–H and O–H groups in total. The second-order valence-electron chi connectivity index (χ2n) is 4.77. The van der Waals surface area contributed by atoms with Gasteiger partial charge >= 0.3 is 0 Å². The highest BCUT2D eigenvalue weighted by Gasteiger charge is 2.40. The van der Waals surface area contributed by atoms with E-state index in [-0.39, 0.29) is 0 Å². The van der Waals surface area contributed by atoms with Crippen LogP contribution in [0, 0.1) is 23.7 Å². The molecule has 72 valence electrons. The van der Waals surface area contributed by atoms with Crippen LogP contribution in [-0.4, -0.2) is 0 Å². The molecule has 3 atom stereocenters. The normalized spacial score (nSPS) is 39.7. The van der Waals surface area contributed by atoms with Crippen LogP contribution in [0.3, 0.4) is 0 Å². The molecule has 2 aliphatic rings. The lowest BCUT2D eigenvalue weighted by Gasteiger charge is -2.25. The van der Waals surface area contributed by atoms with Crippen LogP contribution in [0.15, 0.2) is 23.8 Å². The Bertz CT molecular complexity index is 245. The van der Waals surface area contributed by atoms with Gasteiger partial charge in [0.1, 0.15) is 0 Å². The molecule has 0 amide bonds. The lowest BCUT2D eigenvalue weighted by Crippen LogP contribution is -2.16. The minimum Gasteiger partial charge on any atom is -0.0847 e. The van der Waals surface area contributed by atoms with Gasteiger partial charge in [-0.1, -0.05) is 44.6 Å². The largest absolute Gasteiger partial charge is 0.0847 e. The third-order valence-electron chi connectivity index (χ3n) is 3.55. The number of rotatable bonds is 2. The van der Waals surface area contributed by atoms with E-state index in [9.17, 15) is 0 Å². The van der Waals surface area contributed by atoms with Crippen LogP contribution in [0.1, 0.15) is 33.6 Å². The average Bonchev–Trinajstić information content (AvgIpc) is 2.63. The van der Waals surface area contributed by atoms with Crippen LogP contribution in [0.5, 0.6) is 0 Å². The first-order valence-corrected chi connectivity index (χ1v) is 5.62. The van der Waals surface area contributed by atoms with Crippen molar-refractivity contribution in [2.24, 2.45) is 23.7 Å². The zero-order chi connectivity index (χ0) is 9.42. The molecular weight excluding hydrogens is 156 g/mol. The summed E-state index contributed by atoms with van der Waals surface area (Å²) >= 11 is 0. The van der Waals surface area contributed by atoms with Gasteiger partial charge < -0.3 is 0 Å². The second kappa shape index (κ2) is 3.32. The smallest absolute Gasteiger partial charge is 0.00143 e. The molecule has 1 saturated carbocycles. The fourth-order valence-electron chi connectivity index (χ4n) is 3.14. The van der Waals surface area contributed by atoms with E-state index in [1.54, 1.807) is 5.57 Å². The zero-order valence-corrected chi connectivity index (χ0v) is 8.96. The average molecular weight is 176 g/mol. The molecule has 0 aliphatic heterocycles. The summed E-state index contributed by atoms with van der Waals surface area (Å²) in [6, 6.07) is 0. The number of hydrogen-bond donors (Lipinski definition) is 0. The van der Waals surface area contributed by atoms with Gasteiger partial charge in [0.15, 0.2) is 0 Å². The fraction of sp³-hybridized carbons (Fsp3) is 0.692. The second-order valence-corrected chi connectivity index (χ2v) is 4.77. The van der Waals surface area contributed by atoms with Crippen LogP contribution in [-0.2, 0) is 0 Å². The number of fused-ring (bicyclic) bond motifs is 2. The molecule has 2 aliphatic carbocycles. The highest BCUT2D eigenvalue weighted by molar-refractivity contribution is 5.31. The molecule has 2 rings (SSSR count). The lowest BCUT2D eigenvalue weighted by atomic mass is 9.80. The van der Waals surface area contributed by atoms with Gasteiger partial charge in [0.2, 0.25) is 0 Å². The molecule has 0 nitrogen and oxygen atoms in total. The van der Waals surface area contributed by atoms with E-state index in [1.807, 2.05) is 0 Å². The third kappa shape index (κ3) is 1.37. The van der Waals surface area contributed by atoms with Gasteiger partial charge in [0, 0.05) is 0 Å². The van der Waals surface area contributed by atoms with Gasteiger partial charge in [-0.05, 0) is 36.5 Å². The van der Waals surface area contributed by atoms with Crippen LogP contribution in [0.25, 0.3) is 0 Å². The molecule has 0 aromatic rings. The summed E-state index contributed by atoms with van der Waals surface area (Å²) in [7, 11) is 0. The summed E-state index contributed by atoms with van der Waals surface area (Å²) in [6.45, 7) is 6.98. The standard InChI is InChI=1S/C13H20/c1-4-5-12-10-6-7-11(8-10)13(12)9(2)3/h5-7,9-11,13H,4,8H2,1-3H3/b12-5+. The number of allylic oxidation sites excluding steroid dienone is 4. The maximum atomic E-state index is 2.47. The Morgan fingerprint density at radius 2 is 2.23 bits per heavy atom. The highest BCUT2D eigenvalue weighted by Crippen LogP contribution is 2.50. The van der Waals surface area contributed by atoms with E-state index in [2.05, 4.69) is 39.0 Å². The van der Waals surface area contributed by atoms with Crippen molar-refractivity contribution >= 4 is 0 Å². The topological polar surface area (TPSA) is 0 Å². The van der Waals surface area contributed by atoms with E-state index in [4.69, 9.17) is 0 Å². The van der Waals surface area contributed by atoms with Crippen molar-refractivity contribution in [1.29, 1.82) is 0 Å². The van der Waals surface area contributed by atoms with Crippen molar-refractivity contribution < 1.29 is 0 Å². The van der Waals surface area contributed by atoms with E-state index in [0.29, 0.717) is 0 Å². The molecule has 3 unspecified atom stereocenters. The molecule has 0 aromatic heterocycles. The molecule has 0 heteroatoms. The first kappa shape index (κ1) is 9.05. The Balaban J connectivity index is 2.26. The predicted octanol–water partition coefficient (Wildman–Crippen LogP) is 3.80. The molecule has 0 saturated heterocycles. The molecule has 1 fully saturated rings. The van der Waals surface area contributed by atoms with E-state index >= 15 is 0 Å². The van der Waals surface area contributed by atoms with Gasteiger partial charge in [-0.3, -0.25) is 0 Å². The lowest BCUT2D eigenvalue weighted by molar-refractivity contribution is 0.384. The Hall–Kier alpha value is -0.520. The zero-order valence-electron chi connectivity index (χ0n) is 8.96. The summed E-state index contributed by atoms with van der Waals surface area (Å²) < 4.78 is 0. The quantitative estimate of drug-likeness (QED) is 0.561. The van der Waals surface area contributed by atoms with E-state index < -0.39 is 0 Å². The van der Waals surface area contributed by atoms with Gasteiger partial charge in [-0.2, -0.15) is 0 Å². The van der Waals surface area contributed by atoms with Gasteiger partial charge in [-0.15, -0.1) is 0 Å². The van der Waals surface area contributed by atoms with Crippen LogP contribution in [0.4, 0.5) is 0 Å². The highest BCUT2D eigenvalue weighted by atomic mass is 14.4. The van der Waals surface area contributed by atoms with Crippen molar-refractivity contribution in [1.82, 2.24) is 0 Å². The first-order valence-electron chi connectivity index (χ1n) is 5.62. The number of hydrogen-bond acceptors (Lipinski definition) is 0. The van der Waals surface area contributed by atoms with E-state index in [0.717, 1.165) is 23.7 Å². The summed E-state index contributed by atoms with van der Waals surface area (Å²) in [5.41, 5.74) is 1.74. The van der Waals surface area contributed by atoms with Crippen molar-refractivity contribution in [3.63, 3.8) is 0 Å². The van der Waals surface area contributed by atoms with Crippen molar-refractivity contribution in [3.05, 3.63) is 23.8 Å². The Labute approximate surface area is 81.7 Å². The monoisotopic (exact) mass is 176 g/mol.